The van der Waals surface area contributed by atoms with Crippen molar-refractivity contribution < 1.29 is 4.79 Å². The van der Waals surface area contributed by atoms with Crippen LogP contribution in [0.2, 0.25) is 0 Å². The SMILES string of the molecule is NCCCNC(=O)c1ccn[nH]1. The van der Waals surface area contributed by atoms with Crippen molar-refractivity contribution in [2.75, 3.05) is 13.1 Å². The van der Waals surface area contributed by atoms with Gasteiger partial charge in [-0.3, -0.25) is 9.89 Å². The topological polar surface area (TPSA) is 83.8 Å². The van der Waals surface area contributed by atoms with Gasteiger partial charge in [0, 0.05) is 12.7 Å². The Labute approximate surface area is 70.3 Å². The Morgan fingerprint density at radius 2 is 2.58 bits per heavy atom. The molecule has 5 heteroatoms. The fraction of sp³-hybridized carbons (Fsp3) is 0.429. The van der Waals surface area contributed by atoms with Crippen LogP contribution in [0.25, 0.3) is 0 Å². The summed E-state index contributed by atoms with van der Waals surface area (Å²) in [6.45, 7) is 1.19. The number of aromatic nitrogens is 2. The van der Waals surface area contributed by atoms with E-state index in [2.05, 4.69) is 15.5 Å². The average molecular weight is 168 g/mol. The van der Waals surface area contributed by atoms with Crippen molar-refractivity contribution in [3.05, 3.63) is 18.0 Å². The van der Waals surface area contributed by atoms with Crippen molar-refractivity contribution in [3.63, 3.8) is 0 Å². The molecule has 0 bridgehead atoms. The van der Waals surface area contributed by atoms with Crippen LogP contribution in [0, 0.1) is 0 Å². The van der Waals surface area contributed by atoms with Gasteiger partial charge in [-0.05, 0) is 19.0 Å². The first kappa shape index (κ1) is 8.73. The zero-order valence-electron chi connectivity index (χ0n) is 6.71. The van der Waals surface area contributed by atoms with Gasteiger partial charge >= 0.3 is 0 Å². The molecule has 0 aliphatic heterocycles. The third kappa shape index (κ3) is 2.35. The average Bonchev–Trinajstić information content (AvgIpc) is 2.56. The van der Waals surface area contributed by atoms with Gasteiger partial charge in [0.2, 0.25) is 0 Å². The molecule has 1 aromatic rings. The van der Waals surface area contributed by atoms with Gasteiger partial charge in [-0.15, -0.1) is 0 Å². The van der Waals surface area contributed by atoms with Crippen LogP contribution in [0.5, 0.6) is 0 Å². The zero-order chi connectivity index (χ0) is 8.81. The molecule has 66 valence electrons. The summed E-state index contributed by atoms with van der Waals surface area (Å²) in [4.78, 5) is 11.2. The lowest BCUT2D eigenvalue weighted by Gasteiger charge is -2.00. The van der Waals surface area contributed by atoms with Crippen molar-refractivity contribution in [1.82, 2.24) is 15.5 Å². The second-order valence-electron chi connectivity index (χ2n) is 2.37. The summed E-state index contributed by atoms with van der Waals surface area (Å²) < 4.78 is 0. The predicted octanol–water partition coefficient (Wildman–Crippen LogP) is -0.512. The Balaban J connectivity index is 2.30. The van der Waals surface area contributed by atoms with Gasteiger partial charge in [-0.25, -0.2) is 0 Å². The van der Waals surface area contributed by atoms with Crippen molar-refractivity contribution in [1.29, 1.82) is 0 Å². The molecule has 12 heavy (non-hydrogen) atoms. The molecule has 5 nitrogen and oxygen atoms in total. The van der Waals surface area contributed by atoms with Crippen molar-refractivity contribution in [3.8, 4) is 0 Å². The van der Waals surface area contributed by atoms with Crippen molar-refractivity contribution in [2.24, 2.45) is 5.73 Å². The molecular weight excluding hydrogens is 156 g/mol. The number of nitrogens with two attached hydrogens (primary N) is 1. The standard InChI is InChI=1S/C7H12N4O/c8-3-1-4-9-7(12)6-2-5-10-11-6/h2,5H,1,3-4,8H2,(H,9,12)(H,10,11). The van der Waals surface area contributed by atoms with E-state index < -0.39 is 0 Å². The van der Waals surface area contributed by atoms with Gasteiger partial charge in [0.15, 0.2) is 0 Å². The zero-order valence-corrected chi connectivity index (χ0v) is 6.71. The van der Waals surface area contributed by atoms with Gasteiger partial charge in [-0.2, -0.15) is 5.10 Å². The van der Waals surface area contributed by atoms with Crippen LogP contribution in [-0.2, 0) is 0 Å². The van der Waals surface area contributed by atoms with Crippen LogP contribution >= 0.6 is 0 Å². The number of carbonyl (C=O) groups is 1. The van der Waals surface area contributed by atoms with E-state index >= 15 is 0 Å². The highest BCUT2D eigenvalue weighted by molar-refractivity contribution is 5.91. The summed E-state index contributed by atoms with van der Waals surface area (Å²) in [5.74, 6) is -0.138. The van der Waals surface area contributed by atoms with E-state index in [0.717, 1.165) is 6.42 Å². The molecule has 1 aromatic heterocycles. The second-order valence-corrected chi connectivity index (χ2v) is 2.37. The van der Waals surface area contributed by atoms with Crippen LogP contribution in [0.1, 0.15) is 16.9 Å². The number of nitrogens with one attached hydrogen (secondary N) is 2. The monoisotopic (exact) mass is 168 g/mol. The molecular formula is C7H12N4O. The highest BCUT2D eigenvalue weighted by Crippen LogP contribution is 1.89. The normalized spacial score (nSPS) is 9.75. The number of hydrogen-bond donors (Lipinski definition) is 3. The number of amides is 1. The highest BCUT2D eigenvalue weighted by atomic mass is 16.1. The lowest BCUT2D eigenvalue weighted by Crippen LogP contribution is -2.26. The minimum atomic E-state index is -0.138. The van der Waals surface area contributed by atoms with Crippen LogP contribution < -0.4 is 11.1 Å². The maximum absolute atomic E-state index is 11.2. The van der Waals surface area contributed by atoms with Crippen LogP contribution in [0.3, 0.4) is 0 Å². The molecule has 1 amide bonds. The molecule has 0 spiro atoms. The molecule has 1 rings (SSSR count). The molecule has 0 radical (unpaired) electrons. The fourth-order valence-corrected chi connectivity index (χ4v) is 0.782. The first-order chi connectivity index (χ1) is 5.84. The number of H-pyrrole nitrogens is 1. The number of nitrogens with zero attached hydrogens (tertiary/aromatic N) is 1. The van der Waals surface area contributed by atoms with Gasteiger partial charge in [0.1, 0.15) is 5.69 Å². The lowest BCUT2D eigenvalue weighted by molar-refractivity contribution is 0.0948. The van der Waals surface area contributed by atoms with Crippen LogP contribution in [-0.4, -0.2) is 29.2 Å². The van der Waals surface area contributed by atoms with Crippen LogP contribution in [0.4, 0.5) is 0 Å². The summed E-state index contributed by atoms with van der Waals surface area (Å²) in [5.41, 5.74) is 5.74. The fourth-order valence-electron chi connectivity index (χ4n) is 0.782. The Morgan fingerprint density at radius 3 is 3.17 bits per heavy atom. The van der Waals surface area contributed by atoms with Crippen molar-refractivity contribution in [2.45, 2.75) is 6.42 Å². The van der Waals surface area contributed by atoms with Gasteiger partial charge in [-0.1, -0.05) is 0 Å². The van der Waals surface area contributed by atoms with Gasteiger partial charge < -0.3 is 11.1 Å². The smallest absolute Gasteiger partial charge is 0.269 e. The molecule has 0 aliphatic rings. The molecule has 0 saturated heterocycles. The largest absolute Gasteiger partial charge is 0.351 e. The molecule has 4 N–H and O–H groups in total. The summed E-state index contributed by atoms with van der Waals surface area (Å²) in [6, 6.07) is 1.62. The minimum absolute atomic E-state index is 0.138. The van der Waals surface area contributed by atoms with E-state index in [0.29, 0.717) is 18.8 Å². The molecule has 1 heterocycles. The third-order valence-corrected chi connectivity index (χ3v) is 1.41. The number of carbonyl (C=O) groups excluding carboxylic acids is 1. The lowest BCUT2D eigenvalue weighted by atomic mass is 10.4. The number of aromatic amines is 1. The molecule has 0 saturated carbocycles. The molecule has 0 fully saturated rings. The van der Waals surface area contributed by atoms with Gasteiger partial charge in [0.05, 0.1) is 0 Å². The van der Waals surface area contributed by atoms with Gasteiger partial charge in [0.25, 0.3) is 5.91 Å². The first-order valence-electron chi connectivity index (χ1n) is 3.82. The van der Waals surface area contributed by atoms with E-state index in [-0.39, 0.29) is 5.91 Å². The Kier molecular flexibility index (Phi) is 3.28. The number of hydrogen-bond acceptors (Lipinski definition) is 3. The molecule has 0 atom stereocenters. The Hall–Kier alpha value is -1.36. The molecule has 0 aliphatic carbocycles. The minimum Gasteiger partial charge on any atom is -0.351 e. The molecule has 0 aromatic carbocycles. The quantitative estimate of drug-likeness (QED) is 0.529. The van der Waals surface area contributed by atoms with Crippen molar-refractivity contribution >= 4 is 5.91 Å². The summed E-state index contributed by atoms with van der Waals surface area (Å²) in [6.07, 6.45) is 2.33. The molecule has 0 unspecified atom stereocenters. The second kappa shape index (κ2) is 4.50. The maximum atomic E-state index is 11.2. The van der Waals surface area contributed by atoms with E-state index in [9.17, 15) is 4.79 Å². The predicted molar refractivity (Wildman–Crippen MR) is 44.6 cm³/mol. The van der Waals surface area contributed by atoms with E-state index in [1.165, 1.54) is 6.20 Å². The Morgan fingerprint density at radius 1 is 1.75 bits per heavy atom. The van der Waals surface area contributed by atoms with E-state index in [4.69, 9.17) is 5.73 Å². The van der Waals surface area contributed by atoms with E-state index in [1.807, 2.05) is 0 Å². The van der Waals surface area contributed by atoms with Crippen LogP contribution in [0.15, 0.2) is 12.3 Å². The highest BCUT2D eigenvalue weighted by Gasteiger charge is 2.03. The summed E-state index contributed by atoms with van der Waals surface area (Å²) in [7, 11) is 0. The third-order valence-electron chi connectivity index (χ3n) is 1.41. The first-order valence-corrected chi connectivity index (χ1v) is 3.82. The van der Waals surface area contributed by atoms with E-state index in [1.54, 1.807) is 6.07 Å². The number of rotatable bonds is 4. The Bertz CT molecular complexity index is 232. The summed E-state index contributed by atoms with van der Waals surface area (Å²) >= 11 is 0. The maximum Gasteiger partial charge on any atom is 0.269 e. The summed E-state index contributed by atoms with van der Waals surface area (Å²) in [5, 5.41) is 8.93.